The normalized spacial score (nSPS) is 13.4. The van der Waals surface area contributed by atoms with Crippen LogP contribution in [0.5, 0.6) is 0 Å². The fourth-order valence-corrected chi connectivity index (χ4v) is 13.4. The first-order valence-electron chi connectivity index (χ1n) is 24.5. The zero-order valence-corrected chi connectivity index (χ0v) is 46.1. The maximum Gasteiger partial charge on any atom is 0 e. The summed E-state index contributed by atoms with van der Waals surface area (Å²) in [6, 6.07) is 49.6. The molecule has 5 nitrogen and oxygen atoms in total. The SMILES string of the molecule is CC(C)c1cc(-c2ccccc2)cc(C(C)C)c1-n1c(-c2[c-]ccc3c2oc2nc(CC(C)(C)C)ccc23)nc2ccccc21.[CH3][Ge]([CH3])([CH3])[c]1cnc(-c2[c-]cccc2)cc1CC1CCCC1.[Ir]. The minimum atomic E-state index is -1.87. The zero-order valence-electron chi connectivity index (χ0n) is 41.6. The molecule has 0 amide bonds. The molecule has 1 aliphatic carbocycles. The molecule has 10 rings (SSSR count). The molecule has 0 aliphatic heterocycles. The van der Waals surface area contributed by atoms with Crippen molar-refractivity contribution in [3.8, 4) is 39.5 Å². The van der Waals surface area contributed by atoms with Crippen molar-refractivity contribution in [1.29, 1.82) is 0 Å². The number of furan rings is 1. The van der Waals surface area contributed by atoms with Gasteiger partial charge in [0.15, 0.2) is 0 Å². The van der Waals surface area contributed by atoms with Crippen molar-refractivity contribution < 1.29 is 24.5 Å². The molecule has 0 spiro atoms. The van der Waals surface area contributed by atoms with Gasteiger partial charge in [0.05, 0.1) is 22.4 Å². The molecule has 0 unspecified atom stereocenters. The van der Waals surface area contributed by atoms with Crippen LogP contribution < -0.4 is 4.40 Å². The predicted octanol–water partition coefficient (Wildman–Crippen LogP) is 16.1. The Labute approximate surface area is 421 Å². The molecule has 1 aliphatic rings. The van der Waals surface area contributed by atoms with Crippen LogP contribution in [-0.4, -0.2) is 32.8 Å². The van der Waals surface area contributed by atoms with Gasteiger partial charge in [0.2, 0.25) is 5.71 Å². The van der Waals surface area contributed by atoms with E-state index >= 15 is 0 Å². The molecule has 1 saturated carbocycles. The monoisotopic (exact) mass is 1140 g/mol. The molecule has 68 heavy (non-hydrogen) atoms. The molecule has 5 aromatic carbocycles. The van der Waals surface area contributed by atoms with Crippen LogP contribution in [0.1, 0.15) is 108 Å². The first kappa shape index (κ1) is 49.3. The Hall–Kier alpha value is -5.14. The Morgan fingerprint density at radius 3 is 2.09 bits per heavy atom. The quantitative estimate of drug-likeness (QED) is 0.101. The standard InChI is InChI=1S/C41H40N3O.C20H26GeN.Ir/c1-25(2)33-22-28(27-14-9-8-10-15-27)23-34(26(3)4)37(33)44-36-19-12-11-18-35(36)43-39(44)32-17-13-16-30-31-21-20-29(24-41(5,6)7)42-40(31)45-38(30)32;1-21(2,3)19-15-22-20(17-11-5-4-6-12-17)14-18(19)13-16-9-7-8-10-16;/h8-16,18-23,25-26H,24H2,1-7H3;4-6,11,14-16H,7-10,13H2,1-3H3;/q2*-1;. The third kappa shape index (κ3) is 10.5. The van der Waals surface area contributed by atoms with Crippen LogP contribution in [-0.2, 0) is 32.9 Å². The van der Waals surface area contributed by atoms with Gasteiger partial charge in [0, 0.05) is 36.9 Å². The van der Waals surface area contributed by atoms with E-state index in [1.807, 2.05) is 18.2 Å². The van der Waals surface area contributed by atoms with Gasteiger partial charge in [0.25, 0.3) is 0 Å². The number of rotatable bonds is 10. The summed E-state index contributed by atoms with van der Waals surface area (Å²) in [5.74, 6) is 9.71. The number of para-hydroxylation sites is 2. The minimum Gasteiger partial charge on any atom is 0 e. The van der Waals surface area contributed by atoms with Gasteiger partial charge in [-0.25, -0.2) is 4.98 Å². The van der Waals surface area contributed by atoms with Gasteiger partial charge in [0.1, 0.15) is 0 Å². The van der Waals surface area contributed by atoms with Gasteiger partial charge < -0.3 is 8.98 Å². The summed E-state index contributed by atoms with van der Waals surface area (Å²) in [6.45, 7) is 15.8. The average Bonchev–Trinajstić information content (AvgIpc) is 4.06. The number of benzene rings is 5. The van der Waals surface area contributed by atoms with E-state index in [4.69, 9.17) is 19.4 Å². The summed E-state index contributed by atoms with van der Waals surface area (Å²) in [6.07, 6.45) is 9.96. The number of fused-ring (bicyclic) bond motifs is 4. The Bertz CT molecular complexity index is 3140. The molecule has 351 valence electrons. The molecule has 4 aromatic heterocycles. The summed E-state index contributed by atoms with van der Waals surface area (Å²) in [5.41, 5.74) is 15.4. The Morgan fingerprint density at radius 1 is 0.735 bits per heavy atom. The second-order valence-corrected chi connectivity index (χ2v) is 32.2. The van der Waals surface area contributed by atoms with Crippen molar-refractivity contribution in [3.63, 3.8) is 0 Å². The number of nitrogens with zero attached hydrogens (tertiary/aromatic N) is 4. The molecular weight excluding hydrogens is 1070 g/mol. The average molecular weight is 1140 g/mol. The summed E-state index contributed by atoms with van der Waals surface area (Å²) in [4.78, 5) is 15.0. The van der Waals surface area contributed by atoms with E-state index in [9.17, 15) is 0 Å². The predicted molar refractivity (Wildman–Crippen MR) is 284 cm³/mol. The maximum absolute atomic E-state index is 6.62. The molecule has 7 heteroatoms. The third-order valence-electron chi connectivity index (χ3n) is 13.4. The Kier molecular flexibility index (Phi) is 14.8. The molecule has 0 saturated heterocycles. The minimum absolute atomic E-state index is 0. The fraction of sp³-hybridized carbons (Fsp3) is 0.328. The summed E-state index contributed by atoms with van der Waals surface area (Å²) in [5, 5.41) is 2.04. The number of hydrogen-bond donors (Lipinski definition) is 0. The van der Waals surface area contributed by atoms with Crippen LogP contribution in [0.4, 0.5) is 0 Å². The van der Waals surface area contributed by atoms with Gasteiger partial charge in [-0.2, -0.15) is 0 Å². The molecule has 1 radical (unpaired) electrons. The fourth-order valence-electron chi connectivity index (χ4n) is 10.1. The van der Waals surface area contributed by atoms with Gasteiger partial charge in [-0.15, -0.1) is 18.2 Å². The molecule has 4 heterocycles. The summed E-state index contributed by atoms with van der Waals surface area (Å²) >= 11 is -1.87. The van der Waals surface area contributed by atoms with Crippen LogP contribution in [0.3, 0.4) is 0 Å². The van der Waals surface area contributed by atoms with Crippen molar-refractivity contribution >= 4 is 50.8 Å². The van der Waals surface area contributed by atoms with Crippen LogP contribution in [0, 0.1) is 23.5 Å². The smallest absolute Gasteiger partial charge is 0 e. The van der Waals surface area contributed by atoms with Crippen LogP contribution in [0.2, 0.25) is 17.3 Å². The van der Waals surface area contributed by atoms with Gasteiger partial charge in [-0.3, -0.25) is 4.98 Å². The number of hydrogen-bond acceptors (Lipinski definition) is 4. The van der Waals surface area contributed by atoms with Gasteiger partial charge in [-0.1, -0.05) is 102 Å². The first-order chi connectivity index (χ1) is 32.1. The number of imidazole rings is 1. The van der Waals surface area contributed by atoms with Crippen molar-refractivity contribution in [2.24, 2.45) is 11.3 Å². The summed E-state index contributed by atoms with van der Waals surface area (Å²) < 4.78 is 10.6. The first-order valence-corrected chi connectivity index (χ1v) is 31.9. The molecular formula is C61H66GeIrN4O-2. The van der Waals surface area contributed by atoms with E-state index in [2.05, 4.69) is 192 Å². The van der Waals surface area contributed by atoms with Crippen molar-refractivity contribution in [1.82, 2.24) is 19.5 Å². The largest absolute Gasteiger partial charge is 0 e. The second-order valence-electron chi connectivity index (χ2n) is 21.6. The maximum atomic E-state index is 6.62. The third-order valence-corrected chi connectivity index (χ3v) is 17.7. The molecule has 0 N–H and O–H groups in total. The van der Waals surface area contributed by atoms with Crippen LogP contribution in [0.15, 0.2) is 132 Å². The van der Waals surface area contributed by atoms with Gasteiger partial charge >= 0.3 is 137 Å². The van der Waals surface area contributed by atoms with Crippen LogP contribution >= 0.6 is 0 Å². The van der Waals surface area contributed by atoms with Crippen molar-refractivity contribution in [2.45, 2.75) is 116 Å². The molecule has 1 fully saturated rings. The van der Waals surface area contributed by atoms with Crippen LogP contribution in [0.25, 0.3) is 72.6 Å². The van der Waals surface area contributed by atoms with E-state index in [0.717, 1.165) is 68.1 Å². The topological polar surface area (TPSA) is 56.7 Å². The number of aromatic nitrogens is 4. The van der Waals surface area contributed by atoms with E-state index in [1.165, 1.54) is 60.0 Å². The van der Waals surface area contributed by atoms with E-state index in [1.54, 1.807) is 9.96 Å². The summed E-state index contributed by atoms with van der Waals surface area (Å²) in [7, 11) is 0. The van der Waals surface area contributed by atoms with Crippen molar-refractivity contribution in [2.75, 3.05) is 0 Å². The van der Waals surface area contributed by atoms with Crippen molar-refractivity contribution in [3.05, 3.63) is 162 Å². The van der Waals surface area contributed by atoms with E-state index in [0.29, 0.717) is 5.71 Å². The molecule has 9 aromatic rings. The zero-order chi connectivity index (χ0) is 47.0. The second kappa shape index (κ2) is 20.4. The van der Waals surface area contributed by atoms with E-state index < -0.39 is 13.3 Å². The molecule has 0 bridgehead atoms. The Balaban J connectivity index is 0.000000228. The Morgan fingerprint density at radius 2 is 1.43 bits per heavy atom. The van der Waals surface area contributed by atoms with E-state index in [-0.39, 0.29) is 37.4 Å². The molecule has 0 atom stereocenters. The number of pyridine rings is 2. The van der Waals surface area contributed by atoms with Gasteiger partial charge in [-0.05, 0) is 82.3 Å².